The van der Waals surface area contributed by atoms with Crippen LogP contribution in [0, 0.1) is 12.8 Å². The van der Waals surface area contributed by atoms with Crippen LogP contribution in [0.15, 0.2) is 18.2 Å². The Morgan fingerprint density at radius 3 is 2.74 bits per heavy atom. The molecule has 0 saturated carbocycles. The van der Waals surface area contributed by atoms with Gasteiger partial charge in [-0.15, -0.1) is 0 Å². The molecule has 0 bridgehead atoms. The normalized spacial score (nSPS) is 17.4. The van der Waals surface area contributed by atoms with Gasteiger partial charge in [-0.25, -0.2) is 0 Å². The van der Waals surface area contributed by atoms with E-state index in [-0.39, 0.29) is 5.91 Å². The maximum absolute atomic E-state index is 12.1. The molecule has 4 heteroatoms. The van der Waals surface area contributed by atoms with Crippen LogP contribution in [-0.2, 0) is 0 Å². The summed E-state index contributed by atoms with van der Waals surface area (Å²) in [5, 5.41) is 3.71. The topological polar surface area (TPSA) is 32.3 Å². The predicted molar refractivity (Wildman–Crippen MR) is 78.7 cm³/mol. The van der Waals surface area contributed by atoms with Gasteiger partial charge in [-0.3, -0.25) is 4.79 Å². The summed E-state index contributed by atoms with van der Waals surface area (Å²) in [6.07, 6.45) is 2.33. The zero-order chi connectivity index (χ0) is 13.8. The van der Waals surface area contributed by atoms with Gasteiger partial charge in [-0.2, -0.15) is 0 Å². The first-order valence-electron chi connectivity index (χ1n) is 6.79. The SMILES string of the molecule is Cc1cc(Cl)ccc1C(=O)NCC1CCN(C)CC1. The molecule has 0 spiro atoms. The van der Waals surface area contributed by atoms with Crippen LogP contribution in [0.2, 0.25) is 5.02 Å². The summed E-state index contributed by atoms with van der Waals surface area (Å²) >= 11 is 5.90. The first-order valence-corrected chi connectivity index (χ1v) is 7.17. The van der Waals surface area contributed by atoms with Crippen molar-refractivity contribution in [2.75, 3.05) is 26.7 Å². The molecule has 1 N–H and O–H groups in total. The Kier molecular flexibility index (Phi) is 4.83. The number of hydrogen-bond donors (Lipinski definition) is 1. The molecule has 19 heavy (non-hydrogen) atoms. The van der Waals surface area contributed by atoms with Gasteiger partial charge < -0.3 is 10.2 Å². The Morgan fingerprint density at radius 1 is 1.42 bits per heavy atom. The van der Waals surface area contributed by atoms with Crippen LogP contribution < -0.4 is 5.32 Å². The predicted octanol–water partition coefficient (Wildman–Crippen LogP) is 2.72. The van der Waals surface area contributed by atoms with Crippen molar-refractivity contribution in [3.8, 4) is 0 Å². The van der Waals surface area contributed by atoms with Gasteiger partial charge >= 0.3 is 0 Å². The average molecular weight is 281 g/mol. The highest BCUT2D eigenvalue weighted by molar-refractivity contribution is 6.30. The summed E-state index contributed by atoms with van der Waals surface area (Å²) in [5.74, 6) is 0.612. The Labute approximate surface area is 119 Å². The van der Waals surface area contributed by atoms with E-state index in [0.717, 1.165) is 43.6 Å². The molecular formula is C15H21ClN2O. The van der Waals surface area contributed by atoms with Crippen LogP contribution in [0.25, 0.3) is 0 Å². The fourth-order valence-electron chi connectivity index (χ4n) is 2.48. The molecule has 1 fully saturated rings. The van der Waals surface area contributed by atoms with Gasteiger partial charge in [0.15, 0.2) is 0 Å². The van der Waals surface area contributed by atoms with Crippen molar-refractivity contribution in [3.05, 3.63) is 34.3 Å². The molecule has 0 aromatic heterocycles. The van der Waals surface area contributed by atoms with Gasteiger partial charge in [-0.05, 0) is 69.6 Å². The number of rotatable bonds is 3. The minimum Gasteiger partial charge on any atom is -0.352 e. The minimum atomic E-state index is 0.00750. The van der Waals surface area contributed by atoms with Crippen LogP contribution in [0.4, 0.5) is 0 Å². The molecule has 2 rings (SSSR count). The van der Waals surface area contributed by atoms with E-state index in [2.05, 4.69) is 17.3 Å². The van der Waals surface area contributed by atoms with Crippen LogP contribution >= 0.6 is 11.6 Å². The second kappa shape index (κ2) is 6.40. The highest BCUT2D eigenvalue weighted by Crippen LogP contribution is 2.17. The molecule has 1 aromatic carbocycles. The number of likely N-dealkylation sites (tertiary alicyclic amines) is 1. The van der Waals surface area contributed by atoms with Crippen molar-refractivity contribution >= 4 is 17.5 Å². The zero-order valence-corrected chi connectivity index (χ0v) is 12.3. The monoisotopic (exact) mass is 280 g/mol. The molecule has 1 aliphatic heterocycles. The molecule has 3 nitrogen and oxygen atoms in total. The van der Waals surface area contributed by atoms with Crippen molar-refractivity contribution < 1.29 is 4.79 Å². The van der Waals surface area contributed by atoms with E-state index in [1.807, 2.05) is 13.0 Å². The Balaban J connectivity index is 1.87. The standard InChI is InChI=1S/C15H21ClN2O/c1-11-9-13(16)3-4-14(11)15(19)17-10-12-5-7-18(2)8-6-12/h3-4,9,12H,5-8,10H2,1-2H3,(H,17,19). The lowest BCUT2D eigenvalue weighted by molar-refractivity contribution is 0.0938. The van der Waals surface area contributed by atoms with Gasteiger partial charge in [0.2, 0.25) is 0 Å². The average Bonchev–Trinajstić information content (AvgIpc) is 2.37. The largest absolute Gasteiger partial charge is 0.352 e. The zero-order valence-electron chi connectivity index (χ0n) is 11.6. The molecule has 1 aliphatic rings. The van der Waals surface area contributed by atoms with Gasteiger partial charge in [-0.1, -0.05) is 11.6 Å². The number of nitrogens with one attached hydrogen (secondary N) is 1. The quantitative estimate of drug-likeness (QED) is 0.923. The highest BCUT2D eigenvalue weighted by atomic mass is 35.5. The van der Waals surface area contributed by atoms with E-state index in [0.29, 0.717) is 10.9 Å². The number of nitrogens with zero attached hydrogens (tertiary/aromatic N) is 1. The summed E-state index contributed by atoms with van der Waals surface area (Å²) in [6, 6.07) is 5.38. The van der Waals surface area contributed by atoms with Crippen LogP contribution in [0.1, 0.15) is 28.8 Å². The number of aryl methyl sites for hydroxylation is 1. The molecule has 0 radical (unpaired) electrons. The molecule has 1 aromatic rings. The second-order valence-corrected chi connectivity index (χ2v) is 5.85. The third-order valence-corrected chi connectivity index (χ3v) is 4.06. The second-order valence-electron chi connectivity index (χ2n) is 5.42. The van der Waals surface area contributed by atoms with Crippen molar-refractivity contribution in [2.24, 2.45) is 5.92 Å². The first kappa shape index (κ1) is 14.4. The number of carbonyl (C=O) groups excluding carboxylic acids is 1. The van der Waals surface area contributed by atoms with E-state index in [9.17, 15) is 4.79 Å². The maximum Gasteiger partial charge on any atom is 0.251 e. The third kappa shape index (κ3) is 3.95. The number of carbonyl (C=O) groups is 1. The summed E-state index contributed by atoms with van der Waals surface area (Å²) in [4.78, 5) is 14.5. The fraction of sp³-hybridized carbons (Fsp3) is 0.533. The number of benzene rings is 1. The van der Waals surface area contributed by atoms with Crippen molar-refractivity contribution in [2.45, 2.75) is 19.8 Å². The first-order chi connectivity index (χ1) is 9.06. The van der Waals surface area contributed by atoms with E-state index < -0.39 is 0 Å². The Bertz CT molecular complexity index is 453. The lowest BCUT2D eigenvalue weighted by Gasteiger charge is -2.29. The van der Waals surface area contributed by atoms with Gasteiger partial charge in [0.25, 0.3) is 5.91 Å². The maximum atomic E-state index is 12.1. The minimum absolute atomic E-state index is 0.00750. The molecule has 0 atom stereocenters. The van der Waals surface area contributed by atoms with E-state index >= 15 is 0 Å². The van der Waals surface area contributed by atoms with Crippen molar-refractivity contribution in [1.29, 1.82) is 0 Å². The molecule has 0 aliphatic carbocycles. The molecule has 1 saturated heterocycles. The van der Waals surface area contributed by atoms with Gasteiger partial charge in [0.05, 0.1) is 0 Å². The number of hydrogen-bond acceptors (Lipinski definition) is 2. The molecule has 0 unspecified atom stereocenters. The Hall–Kier alpha value is -1.06. The van der Waals surface area contributed by atoms with E-state index in [1.54, 1.807) is 12.1 Å². The highest BCUT2D eigenvalue weighted by Gasteiger charge is 2.18. The van der Waals surface area contributed by atoms with Crippen LogP contribution in [-0.4, -0.2) is 37.5 Å². The summed E-state index contributed by atoms with van der Waals surface area (Å²) < 4.78 is 0. The van der Waals surface area contributed by atoms with Crippen molar-refractivity contribution in [3.63, 3.8) is 0 Å². The van der Waals surface area contributed by atoms with Gasteiger partial charge in [0, 0.05) is 17.1 Å². The lowest BCUT2D eigenvalue weighted by Crippen LogP contribution is -2.37. The Morgan fingerprint density at radius 2 is 2.11 bits per heavy atom. The molecular weight excluding hydrogens is 260 g/mol. The third-order valence-electron chi connectivity index (χ3n) is 3.82. The van der Waals surface area contributed by atoms with Crippen molar-refractivity contribution in [1.82, 2.24) is 10.2 Å². The lowest BCUT2D eigenvalue weighted by atomic mass is 9.97. The summed E-state index contributed by atoms with van der Waals surface area (Å²) in [5.41, 5.74) is 1.64. The molecule has 104 valence electrons. The van der Waals surface area contributed by atoms with Gasteiger partial charge in [0.1, 0.15) is 0 Å². The summed E-state index contributed by atoms with van der Waals surface area (Å²) in [6.45, 7) is 4.94. The van der Waals surface area contributed by atoms with Crippen LogP contribution in [0.5, 0.6) is 0 Å². The summed E-state index contributed by atoms with van der Waals surface area (Å²) in [7, 11) is 2.14. The van der Waals surface area contributed by atoms with Crippen LogP contribution in [0.3, 0.4) is 0 Å². The molecule has 1 heterocycles. The number of amides is 1. The smallest absolute Gasteiger partial charge is 0.251 e. The number of halogens is 1. The number of piperidine rings is 1. The van der Waals surface area contributed by atoms with E-state index in [4.69, 9.17) is 11.6 Å². The molecule has 1 amide bonds. The van der Waals surface area contributed by atoms with E-state index in [1.165, 1.54) is 0 Å². The fourth-order valence-corrected chi connectivity index (χ4v) is 2.71.